The third kappa shape index (κ3) is 1.75. The number of hydrogen-bond donors (Lipinski definition) is 1. The Bertz CT molecular complexity index is 365. The third-order valence-electron chi connectivity index (χ3n) is 2.51. The number of hydrogen-bond acceptors (Lipinski definition) is 1. The molecule has 2 rings (SSSR count). The maximum Gasteiger partial charge on any atom is 0.139 e. The fraction of sp³-hybridized carbons (Fsp3) is 0.400. The number of fused-ring (bicyclic) bond motifs is 1. The molecule has 0 atom stereocenters. The van der Waals surface area contributed by atoms with Crippen LogP contribution in [0.5, 0.6) is 0 Å². The van der Waals surface area contributed by atoms with E-state index in [-0.39, 0.29) is 23.6 Å². The fourth-order valence-corrected chi connectivity index (χ4v) is 2.01. The minimum Gasteiger partial charge on any atom is -0.384 e. The van der Waals surface area contributed by atoms with Gasteiger partial charge in [-0.3, -0.25) is 0 Å². The van der Waals surface area contributed by atoms with E-state index in [2.05, 4.69) is 35.1 Å². The first-order valence-corrected chi connectivity index (χ1v) is 5.03. The zero-order valence-corrected chi connectivity index (χ0v) is 10.4. The molecule has 0 radical (unpaired) electrons. The van der Waals surface area contributed by atoms with E-state index >= 15 is 0 Å². The summed E-state index contributed by atoms with van der Waals surface area (Å²) in [5, 5.41) is 3.20. The Morgan fingerprint density at radius 3 is 2.71 bits per heavy atom. The van der Waals surface area contributed by atoms with Crippen molar-refractivity contribution in [2.75, 3.05) is 11.9 Å². The maximum absolute atomic E-state index is 13.1. The largest absolute Gasteiger partial charge is 0.384 e. The number of rotatable bonds is 0. The lowest BCUT2D eigenvalue weighted by Crippen LogP contribution is -2.18. The molecule has 0 saturated carbocycles. The maximum atomic E-state index is 13.1. The van der Waals surface area contributed by atoms with E-state index < -0.39 is 0 Å². The van der Waals surface area contributed by atoms with Gasteiger partial charge >= 0.3 is 0 Å². The minimum atomic E-state index is -0.205. The third-order valence-corrected chi connectivity index (χ3v) is 3.12. The average molecular weight is 281 g/mol. The standard InChI is InChI=1S/C10H11BrFN.ClH/c1-10(2)5-13-9-4-8(12)7(11)3-6(9)10;/h3-4,13H,5H2,1-2H3;1H. The van der Waals surface area contributed by atoms with Crippen molar-refractivity contribution in [2.45, 2.75) is 19.3 Å². The van der Waals surface area contributed by atoms with Gasteiger partial charge in [-0.1, -0.05) is 13.8 Å². The summed E-state index contributed by atoms with van der Waals surface area (Å²) in [6.07, 6.45) is 0. The predicted octanol–water partition coefficient (Wildman–Crippen LogP) is 3.71. The first-order chi connectivity index (χ1) is 6.00. The zero-order valence-electron chi connectivity index (χ0n) is 8.03. The van der Waals surface area contributed by atoms with Gasteiger partial charge in [0.25, 0.3) is 0 Å². The molecule has 0 bridgehead atoms. The van der Waals surface area contributed by atoms with E-state index in [1.165, 1.54) is 5.56 Å². The van der Waals surface area contributed by atoms with E-state index in [4.69, 9.17) is 0 Å². The van der Waals surface area contributed by atoms with Crippen molar-refractivity contribution in [1.82, 2.24) is 0 Å². The van der Waals surface area contributed by atoms with Crippen LogP contribution in [-0.4, -0.2) is 6.54 Å². The highest BCUT2D eigenvalue weighted by atomic mass is 79.9. The number of nitrogens with one attached hydrogen (secondary N) is 1. The lowest BCUT2D eigenvalue weighted by Gasteiger charge is -2.17. The lowest BCUT2D eigenvalue weighted by atomic mass is 9.87. The lowest BCUT2D eigenvalue weighted by molar-refractivity contribution is 0.582. The van der Waals surface area contributed by atoms with Gasteiger partial charge in [0, 0.05) is 17.6 Å². The minimum absolute atomic E-state index is 0. The Kier molecular flexibility index (Phi) is 3.12. The molecule has 4 heteroatoms. The average Bonchev–Trinajstić information content (AvgIpc) is 2.31. The molecule has 1 aliphatic heterocycles. The molecule has 0 amide bonds. The molecule has 78 valence electrons. The summed E-state index contributed by atoms with van der Waals surface area (Å²) >= 11 is 3.20. The Hall–Kier alpha value is -0.280. The molecule has 0 fully saturated rings. The molecule has 0 aliphatic carbocycles. The van der Waals surface area contributed by atoms with Gasteiger partial charge in [0.15, 0.2) is 0 Å². The Labute approximate surface area is 97.6 Å². The quantitative estimate of drug-likeness (QED) is 0.764. The highest BCUT2D eigenvalue weighted by Gasteiger charge is 2.30. The van der Waals surface area contributed by atoms with Crippen molar-refractivity contribution in [1.29, 1.82) is 0 Å². The molecule has 1 N–H and O–H groups in total. The van der Waals surface area contributed by atoms with Crippen molar-refractivity contribution in [2.24, 2.45) is 0 Å². The molecule has 1 heterocycles. The van der Waals surface area contributed by atoms with Crippen LogP contribution in [0.15, 0.2) is 16.6 Å². The van der Waals surface area contributed by atoms with E-state index in [0.717, 1.165) is 12.2 Å². The van der Waals surface area contributed by atoms with Crippen molar-refractivity contribution in [3.05, 3.63) is 28.0 Å². The van der Waals surface area contributed by atoms with Crippen LogP contribution in [0, 0.1) is 5.82 Å². The summed E-state index contributed by atoms with van der Waals surface area (Å²) < 4.78 is 13.7. The van der Waals surface area contributed by atoms with Crippen molar-refractivity contribution >= 4 is 34.0 Å². The SMILES string of the molecule is CC1(C)CNc2cc(F)c(Br)cc21.Cl. The van der Waals surface area contributed by atoms with Crippen LogP contribution >= 0.6 is 28.3 Å². The van der Waals surface area contributed by atoms with Crippen LogP contribution in [0.3, 0.4) is 0 Å². The van der Waals surface area contributed by atoms with Gasteiger partial charge in [-0.15, -0.1) is 12.4 Å². The van der Waals surface area contributed by atoms with Crippen molar-refractivity contribution < 1.29 is 4.39 Å². The summed E-state index contributed by atoms with van der Waals surface area (Å²) in [5.41, 5.74) is 2.21. The van der Waals surface area contributed by atoms with Crippen LogP contribution in [-0.2, 0) is 5.41 Å². The topological polar surface area (TPSA) is 12.0 Å². The molecule has 0 aromatic heterocycles. The predicted molar refractivity (Wildman–Crippen MR) is 62.9 cm³/mol. The molecule has 14 heavy (non-hydrogen) atoms. The highest BCUT2D eigenvalue weighted by molar-refractivity contribution is 9.10. The van der Waals surface area contributed by atoms with Crippen molar-refractivity contribution in [3.63, 3.8) is 0 Å². The van der Waals surface area contributed by atoms with E-state index in [9.17, 15) is 4.39 Å². The molecular formula is C10H12BrClFN. The number of benzene rings is 1. The summed E-state index contributed by atoms with van der Waals surface area (Å²) in [6, 6.07) is 3.42. The summed E-state index contributed by atoms with van der Waals surface area (Å²) in [5.74, 6) is -0.205. The van der Waals surface area contributed by atoms with Gasteiger partial charge in [-0.25, -0.2) is 4.39 Å². The van der Waals surface area contributed by atoms with Crippen LogP contribution in [0.25, 0.3) is 0 Å². The monoisotopic (exact) mass is 279 g/mol. The number of halogens is 3. The van der Waals surface area contributed by atoms with Gasteiger partial charge < -0.3 is 5.32 Å². The molecular weight excluding hydrogens is 268 g/mol. The fourth-order valence-electron chi connectivity index (χ4n) is 1.66. The number of anilines is 1. The first-order valence-electron chi connectivity index (χ1n) is 4.24. The van der Waals surface area contributed by atoms with E-state index in [1.54, 1.807) is 6.07 Å². The second-order valence-corrected chi connectivity index (χ2v) is 4.90. The van der Waals surface area contributed by atoms with Crippen LogP contribution in [0.1, 0.15) is 19.4 Å². The Morgan fingerprint density at radius 1 is 1.43 bits per heavy atom. The molecule has 1 aliphatic rings. The summed E-state index contributed by atoms with van der Waals surface area (Å²) in [4.78, 5) is 0. The second kappa shape index (κ2) is 3.70. The molecule has 1 nitrogen and oxygen atoms in total. The van der Waals surface area contributed by atoms with Crippen LogP contribution < -0.4 is 5.32 Å². The normalized spacial score (nSPS) is 16.9. The summed E-state index contributed by atoms with van der Waals surface area (Å²) in [6.45, 7) is 5.17. The zero-order chi connectivity index (χ0) is 9.64. The highest BCUT2D eigenvalue weighted by Crippen LogP contribution is 2.38. The molecule has 1 aromatic rings. The Morgan fingerprint density at radius 2 is 2.07 bits per heavy atom. The van der Waals surface area contributed by atoms with Gasteiger partial charge in [0.1, 0.15) is 5.82 Å². The second-order valence-electron chi connectivity index (χ2n) is 4.05. The smallest absolute Gasteiger partial charge is 0.139 e. The first kappa shape index (κ1) is 11.8. The van der Waals surface area contributed by atoms with Crippen molar-refractivity contribution in [3.8, 4) is 0 Å². The Balaban J connectivity index is 0.000000980. The molecule has 0 unspecified atom stereocenters. The van der Waals surface area contributed by atoms with Gasteiger partial charge in [0.2, 0.25) is 0 Å². The summed E-state index contributed by atoms with van der Waals surface area (Å²) in [7, 11) is 0. The van der Waals surface area contributed by atoms with Crippen LogP contribution in [0.2, 0.25) is 0 Å². The molecule has 0 spiro atoms. The van der Waals surface area contributed by atoms with Gasteiger partial charge in [-0.2, -0.15) is 0 Å². The molecule has 0 saturated heterocycles. The van der Waals surface area contributed by atoms with Gasteiger partial charge in [-0.05, 0) is 33.6 Å². The van der Waals surface area contributed by atoms with Crippen LogP contribution in [0.4, 0.5) is 10.1 Å². The van der Waals surface area contributed by atoms with E-state index in [0.29, 0.717) is 4.47 Å². The van der Waals surface area contributed by atoms with E-state index in [1.807, 2.05) is 6.07 Å². The van der Waals surface area contributed by atoms with Gasteiger partial charge in [0.05, 0.1) is 4.47 Å². The molecule has 1 aromatic carbocycles.